The lowest BCUT2D eigenvalue weighted by molar-refractivity contribution is -0.138. The highest BCUT2D eigenvalue weighted by Crippen LogP contribution is 2.36. The monoisotopic (exact) mass is 292 g/mol. The molecule has 0 bridgehead atoms. The molecule has 2 N–H and O–H groups in total. The Labute approximate surface area is 118 Å². The molecule has 1 unspecified atom stereocenters. The molecule has 21 heavy (non-hydrogen) atoms. The quantitative estimate of drug-likeness (QED) is 0.844. The summed E-state index contributed by atoms with van der Waals surface area (Å²) in [6.07, 6.45) is -5.38. The Morgan fingerprint density at radius 3 is 2.33 bits per heavy atom. The fourth-order valence-corrected chi connectivity index (χ4v) is 2.37. The standard InChI is InChI=1S/C15H11F3N2O/c16-15(17,18)11-7-3-1-5-9(11)13-19-12-8-4-2-6-10(12)14(21)20-13/h1-8,13,19H,(H,20,21). The first-order valence-corrected chi connectivity index (χ1v) is 6.29. The number of hydrogen-bond acceptors (Lipinski definition) is 2. The number of benzene rings is 2. The smallest absolute Gasteiger partial charge is 0.361 e. The van der Waals surface area contributed by atoms with E-state index in [2.05, 4.69) is 10.6 Å². The van der Waals surface area contributed by atoms with Crippen LogP contribution in [-0.2, 0) is 6.18 Å². The average Bonchev–Trinajstić information content (AvgIpc) is 2.46. The molecule has 0 fully saturated rings. The number of nitrogens with one attached hydrogen (secondary N) is 2. The normalized spacial score (nSPS) is 17.7. The molecule has 1 heterocycles. The number of halogens is 3. The molecular formula is C15H11F3N2O. The third-order valence-electron chi connectivity index (χ3n) is 3.32. The zero-order valence-corrected chi connectivity index (χ0v) is 10.7. The lowest BCUT2D eigenvalue weighted by atomic mass is 10.0. The van der Waals surface area contributed by atoms with Gasteiger partial charge in [-0.1, -0.05) is 30.3 Å². The zero-order chi connectivity index (χ0) is 15.0. The third kappa shape index (κ3) is 2.44. The number of para-hydroxylation sites is 1. The Kier molecular flexibility index (Phi) is 3.08. The maximum Gasteiger partial charge on any atom is 0.416 e. The van der Waals surface area contributed by atoms with Crippen LogP contribution < -0.4 is 10.6 Å². The summed E-state index contributed by atoms with van der Waals surface area (Å²) in [4.78, 5) is 12.0. The van der Waals surface area contributed by atoms with Gasteiger partial charge in [0, 0.05) is 11.3 Å². The van der Waals surface area contributed by atoms with Crippen LogP contribution in [0.25, 0.3) is 0 Å². The number of hydrogen-bond donors (Lipinski definition) is 2. The van der Waals surface area contributed by atoms with Crippen LogP contribution in [0.15, 0.2) is 48.5 Å². The van der Waals surface area contributed by atoms with Crippen molar-refractivity contribution in [3.63, 3.8) is 0 Å². The molecule has 6 heteroatoms. The summed E-state index contributed by atoms with van der Waals surface area (Å²) < 4.78 is 39.2. The van der Waals surface area contributed by atoms with E-state index < -0.39 is 23.8 Å². The number of fused-ring (bicyclic) bond motifs is 1. The fourth-order valence-electron chi connectivity index (χ4n) is 2.37. The highest BCUT2D eigenvalue weighted by Gasteiger charge is 2.36. The van der Waals surface area contributed by atoms with Crippen LogP contribution in [0.2, 0.25) is 0 Å². The summed E-state index contributed by atoms with van der Waals surface area (Å²) in [5, 5.41) is 5.48. The van der Waals surface area contributed by atoms with E-state index >= 15 is 0 Å². The molecule has 0 saturated carbocycles. The van der Waals surface area contributed by atoms with Crippen molar-refractivity contribution < 1.29 is 18.0 Å². The van der Waals surface area contributed by atoms with Gasteiger partial charge in [0.25, 0.3) is 5.91 Å². The molecule has 1 aliphatic heterocycles. The first-order valence-electron chi connectivity index (χ1n) is 6.29. The van der Waals surface area contributed by atoms with Crippen molar-refractivity contribution in [3.8, 4) is 0 Å². The van der Waals surface area contributed by atoms with Crippen molar-refractivity contribution >= 4 is 11.6 Å². The molecule has 0 aliphatic carbocycles. The maximum absolute atomic E-state index is 13.1. The maximum atomic E-state index is 13.1. The summed E-state index contributed by atoms with van der Waals surface area (Å²) in [6.45, 7) is 0. The van der Waals surface area contributed by atoms with Crippen LogP contribution in [-0.4, -0.2) is 5.91 Å². The Balaban J connectivity index is 2.03. The number of anilines is 1. The number of alkyl halides is 3. The second kappa shape index (κ2) is 4.80. The average molecular weight is 292 g/mol. The van der Waals surface area contributed by atoms with Crippen molar-refractivity contribution in [1.29, 1.82) is 0 Å². The van der Waals surface area contributed by atoms with Gasteiger partial charge in [0.1, 0.15) is 6.17 Å². The van der Waals surface area contributed by atoms with Gasteiger partial charge in [-0.05, 0) is 18.2 Å². The number of carbonyl (C=O) groups is 1. The van der Waals surface area contributed by atoms with Gasteiger partial charge < -0.3 is 10.6 Å². The molecule has 1 atom stereocenters. The van der Waals surface area contributed by atoms with Crippen LogP contribution >= 0.6 is 0 Å². The molecule has 0 aromatic heterocycles. The van der Waals surface area contributed by atoms with E-state index in [0.717, 1.165) is 6.07 Å². The van der Waals surface area contributed by atoms with Gasteiger partial charge in [-0.15, -0.1) is 0 Å². The molecule has 0 spiro atoms. The predicted octanol–water partition coefficient (Wildman–Crippen LogP) is 3.56. The van der Waals surface area contributed by atoms with Crippen molar-refractivity contribution in [2.75, 3.05) is 5.32 Å². The fraction of sp³-hybridized carbons (Fsp3) is 0.133. The minimum absolute atomic E-state index is 0.00662. The molecular weight excluding hydrogens is 281 g/mol. The van der Waals surface area contributed by atoms with E-state index in [1.54, 1.807) is 24.3 Å². The van der Waals surface area contributed by atoms with Crippen LogP contribution in [0.1, 0.15) is 27.7 Å². The minimum Gasteiger partial charge on any atom is -0.361 e. The highest BCUT2D eigenvalue weighted by molar-refractivity contribution is 6.01. The summed E-state index contributed by atoms with van der Waals surface area (Å²) in [5.74, 6) is -0.397. The highest BCUT2D eigenvalue weighted by atomic mass is 19.4. The van der Waals surface area contributed by atoms with E-state index in [-0.39, 0.29) is 5.56 Å². The van der Waals surface area contributed by atoms with Gasteiger partial charge >= 0.3 is 6.18 Å². The van der Waals surface area contributed by atoms with Crippen LogP contribution in [0.5, 0.6) is 0 Å². The summed E-state index contributed by atoms with van der Waals surface area (Å²) in [6, 6.07) is 11.9. The largest absolute Gasteiger partial charge is 0.416 e. The van der Waals surface area contributed by atoms with E-state index in [4.69, 9.17) is 0 Å². The van der Waals surface area contributed by atoms with Gasteiger partial charge in [-0.25, -0.2) is 0 Å². The summed E-state index contributed by atoms with van der Waals surface area (Å²) >= 11 is 0. The molecule has 1 amide bonds. The minimum atomic E-state index is -4.47. The van der Waals surface area contributed by atoms with Crippen molar-refractivity contribution in [3.05, 3.63) is 65.2 Å². The Morgan fingerprint density at radius 2 is 1.57 bits per heavy atom. The van der Waals surface area contributed by atoms with Gasteiger partial charge in [-0.2, -0.15) is 13.2 Å². The van der Waals surface area contributed by atoms with Gasteiger partial charge in [0.2, 0.25) is 0 Å². The molecule has 108 valence electrons. The number of rotatable bonds is 1. The van der Waals surface area contributed by atoms with E-state index in [1.165, 1.54) is 18.2 Å². The van der Waals surface area contributed by atoms with Gasteiger partial charge in [0.05, 0.1) is 11.1 Å². The van der Waals surface area contributed by atoms with Crippen molar-refractivity contribution in [2.45, 2.75) is 12.3 Å². The topological polar surface area (TPSA) is 41.1 Å². The van der Waals surface area contributed by atoms with Crippen LogP contribution in [0.4, 0.5) is 18.9 Å². The molecule has 2 aromatic carbocycles. The number of amides is 1. The predicted molar refractivity (Wildman–Crippen MR) is 71.7 cm³/mol. The van der Waals surface area contributed by atoms with Gasteiger partial charge in [-0.3, -0.25) is 4.79 Å². The first kappa shape index (κ1) is 13.5. The Bertz CT molecular complexity index is 697. The van der Waals surface area contributed by atoms with Crippen molar-refractivity contribution in [2.24, 2.45) is 0 Å². The van der Waals surface area contributed by atoms with Crippen LogP contribution in [0, 0.1) is 0 Å². The molecule has 2 aromatic rings. The second-order valence-electron chi connectivity index (χ2n) is 4.68. The third-order valence-corrected chi connectivity index (χ3v) is 3.32. The van der Waals surface area contributed by atoms with E-state index in [9.17, 15) is 18.0 Å². The molecule has 0 radical (unpaired) electrons. The summed E-state index contributed by atoms with van der Waals surface area (Å²) in [5.41, 5.74) is 0.163. The van der Waals surface area contributed by atoms with E-state index in [0.29, 0.717) is 11.3 Å². The van der Waals surface area contributed by atoms with E-state index in [1.807, 2.05) is 0 Å². The van der Waals surface area contributed by atoms with Gasteiger partial charge in [0.15, 0.2) is 0 Å². The van der Waals surface area contributed by atoms with Crippen molar-refractivity contribution in [1.82, 2.24) is 5.32 Å². The molecule has 0 saturated heterocycles. The molecule has 3 rings (SSSR count). The van der Waals surface area contributed by atoms with Crippen LogP contribution in [0.3, 0.4) is 0 Å². The molecule has 1 aliphatic rings. The summed E-state index contributed by atoms with van der Waals surface area (Å²) in [7, 11) is 0. The first-order chi connectivity index (χ1) is 9.97. The number of carbonyl (C=O) groups excluding carboxylic acids is 1. The zero-order valence-electron chi connectivity index (χ0n) is 10.7. The lowest BCUT2D eigenvalue weighted by Crippen LogP contribution is -2.39. The lowest BCUT2D eigenvalue weighted by Gasteiger charge is -2.29. The molecule has 3 nitrogen and oxygen atoms in total. The SMILES string of the molecule is O=C1NC(c2ccccc2C(F)(F)F)Nc2ccccc21. The Morgan fingerprint density at radius 1 is 0.905 bits per heavy atom. The Hall–Kier alpha value is -2.50. The second-order valence-corrected chi connectivity index (χ2v) is 4.68.